The van der Waals surface area contributed by atoms with Crippen molar-refractivity contribution in [3.63, 3.8) is 0 Å². The third-order valence-electron chi connectivity index (χ3n) is 5.89. The van der Waals surface area contributed by atoms with Crippen molar-refractivity contribution in [1.82, 2.24) is 14.8 Å². The lowest BCUT2D eigenvalue weighted by Gasteiger charge is -2.34. The van der Waals surface area contributed by atoms with Crippen LogP contribution in [0.5, 0.6) is 11.5 Å². The van der Waals surface area contributed by atoms with Crippen molar-refractivity contribution >= 4 is 5.91 Å². The summed E-state index contributed by atoms with van der Waals surface area (Å²) in [7, 11) is 0. The molecule has 33 heavy (non-hydrogen) atoms. The van der Waals surface area contributed by atoms with Crippen LogP contribution in [0.3, 0.4) is 0 Å². The van der Waals surface area contributed by atoms with Crippen molar-refractivity contribution in [1.29, 1.82) is 0 Å². The molecule has 4 rings (SSSR count). The Kier molecular flexibility index (Phi) is 7.58. The molecule has 6 heteroatoms. The number of ether oxygens (including phenoxy) is 2. The lowest BCUT2D eigenvalue weighted by atomic mass is 10.0. The predicted molar refractivity (Wildman–Crippen MR) is 129 cm³/mol. The lowest BCUT2D eigenvalue weighted by Crippen LogP contribution is -2.49. The SMILES string of the molecule is Cc1cc(C(=O)N2CCN(CCOc3ccccc3)CC2)cc(C)c1OCc1cccnc1. The second-order valence-electron chi connectivity index (χ2n) is 8.38. The number of rotatable bonds is 8. The van der Waals surface area contributed by atoms with Crippen LogP contribution in [0.4, 0.5) is 0 Å². The second kappa shape index (κ2) is 11.0. The molecule has 1 aromatic heterocycles. The summed E-state index contributed by atoms with van der Waals surface area (Å²) < 4.78 is 11.8. The van der Waals surface area contributed by atoms with E-state index in [0.29, 0.717) is 13.2 Å². The fraction of sp³-hybridized carbons (Fsp3) is 0.333. The smallest absolute Gasteiger partial charge is 0.253 e. The molecular weight excluding hydrogens is 414 g/mol. The zero-order valence-corrected chi connectivity index (χ0v) is 19.4. The molecule has 1 fully saturated rings. The lowest BCUT2D eigenvalue weighted by molar-refractivity contribution is 0.0620. The standard InChI is InChI=1S/C27H31N3O3/c1-21-17-24(18-22(2)26(21)33-20-23-7-6-10-28-19-23)27(31)30-13-11-29(12-14-30)15-16-32-25-8-4-3-5-9-25/h3-10,17-19H,11-16,20H2,1-2H3. The highest BCUT2D eigenvalue weighted by Gasteiger charge is 2.23. The number of nitrogens with zero attached hydrogens (tertiary/aromatic N) is 3. The first-order chi connectivity index (χ1) is 16.1. The summed E-state index contributed by atoms with van der Waals surface area (Å²) in [4.78, 5) is 21.5. The molecule has 0 N–H and O–H groups in total. The molecule has 0 aliphatic carbocycles. The summed E-state index contributed by atoms with van der Waals surface area (Å²) in [5.74, 6) is 1.81. The number of hydrogen-bond acceptors (Lipinski definition) is 5. The molecule has 0 spiro atoms. The summed E-state index contributed by atoms with van der Waals surface area (Å²) in [5, 5.41) is 0. The fourth-order valence-corrected chi connectivity index (χ4v) is 4.11. The van der Waals surface area contributed by atoms with Crippen LogP contribution in [-0.2, 0) is 6.61 Å². The molecule has 0 unspecified atom stereocenters. The monoisotopic (exact) mass is 445 g/mol. The van der Waals surface area contributed by atoms with E-state index in [1.165, 1.54) is 0 Å². The van der Waals surface area contributed by atoms with E-state index in [2.05, 4.69) is 9.88 Å². The Morgan fingerprint density at radius 1 is 0.939 bits per heavy atom. The molecular formula is C27H31N3O3. The molecule has 0 bridgehead atoms. The number of para-hydroxylation sites is 1. The van der Waals surface area contributed by atoms with Gasteiger partial charge in [-0.1, -0.05) is 24.3 Å². The van der Waals surface area contributed by atoms with E-state index in [4.69, 9.17) is 9.47 Å². The van der Waals surface area contributed by atoms with Gasteiger partial charge in [0.1, 0.15) is 24.7 Å². The molecule has 2 aromatic carbocycles. The van der Waals surface area contributed by atoms with E-state index in [-0.39, 0.29) is 5.91 Å². The summed E-state index contributed by atoms with van der Waals surface area (Å²) >= 11 is 0. The highest BCUT2D eigenvalue weighted by molar-refractivity contribution is 5.95. The average molecular weight is 446 g/mol. The minimum absolute atomic E-state index is 0.0835. The highest BCUT2D eigenvalue weighted by Crippen LogP contribution is 2.26. The van der Waals surface area contributed by atoms with Gasteiger partial charge in [0, 0.05) is 56.2 Å². The van der Waals surface area contributed by atoms with Gasteiger partial charge in [-0.2, -0.15) is 0 Å². The van der Waals surface area contributed by atoms with E-state index in [9.17, 15) is 4.79 Å². The van der Waals surface area contributed by atoms with Gasteiger partial charge in [0.15, 0.2) is 0 Å². The molecule has 1 saturated heterocycles. The van der Waals surface area contributed by atoms with Crippen molar-refractivity contribution in [2.75, 3.05) is 39.3 Å². The first-order valence-corrected chi connectivity index (χ1v) is 11.4. The fourth-order valence-electron chi connectivity index (χ4n) is 4.11. The molecule has 1 amide bonds. The quantitative estimate of drug-likeness (QED) is 0.522. The molecule has 1 aliphatic rings. The van der Waals surface area contributed by atoms with Crippen molar-refractivity contribution in [2.24, 2.45) is 0 Å². The van der Waals surface area contributed by atoms with Crippen LogP contribution < -0.4 is 9.47 Å². The van der Waals surface area contributed by atoms with Crippen LogP contribution >= 0.6 is 0 Å². The van der Waals surface area contributed by atoms with Gasteiger partial charge in [-0.25, -0.2) is 0 Å². The maximum Gasteiger partial charge on any atom is 0.253 e. The van der Waals surface area contributed by atoms with Crippen molar-refractivity contribution in [3.8, 4) is 11.5 Å². The van der Waals surface area contributed by atoms with Crippen molar-refractivity contribution in [3.05, 3.63) is 89.2 Å². The van der Waals surface area contributed by atoms with Crippen LogP contribution in [0, 0.1) is 13.8 Å². The van der Waals surface area contributed by atoms with E-state index < -0.39 is 0 Å². The Balaban J connectivity index is 1.28. The molecule has 0 radical (unpaired) electrons. The Morgan fingerprint density at radius 2 is 1.67 bits per heavy atom. The molecule has 6 nitrogen and oxygen atoms in total. The van der Waals surface area contributed by atoms with Gasteiger partial charge in [0.25, 0.3) is 5.91 Å². The first-order valence-electron chi connectivity index (χ1n) is 11.4. The summed E-state index contributed by atoms with van der Waals surface area (Å²) in [6, 6.07) is 17.6. The normalized spacial score (nSPS) is 14.2. The third-order valence-corrected chi connectivity index (χ3v) is 5.89. The average Bonchev–Trinajstić information content (AvgIpc) is 2.85. The topological polar surface area (TPSA) is 54.9 Å². The molecule has 3 aromatic rings. The third kappa shape index (κ3) is 6.11. The number of carbonyl (C=O) groups is 1. The van der Waals surface area contributed by atoms with E-state index in [0.717, 1.165) is 66.5 Å². The Morgan fingerprint density at radius 3 is 2.33 bits per heavy atom. The Hall–Kier alpha value is -3.38. The van der Waals surface area contributed by atoms with Crippen molar-refractivity contribution in [2.45, 2.75) is 20.5 Å². The van der Waals surface area contributed by atoms with Gasteiger partial charge < -0.3 is 14.4 Å². The molecule has 0 saturated carbocycles. The van der Waals surface area contributed by atoms with Crippen LogP contribution in [-0.4, -0.2) is 60.0 Å². The number of aryl methyl sites for hydroxylation is 2. The van der Waals surface area contributed by atoms with Gasteiger partial charge in [-0.15, -0.1) is 0 Å². The van der Waals surface area contributed by atoms with Gasteiger partial charge in [0.05, 0.1) is 0 Å². The number of benzene rings is 2. The first kappa shape index (κ1) is 22.8. The van der Waals surface area contributed by atoms with Crippen molar-refractivity contribution < 1.29 is 14.3 Å². The van der Waals surface area contributed by atoms with E-state index in [1.807, 2.05) is 73.3 Å². The maximum atomic E-state index is 13.1. The molecule has 1 aliphatic heterocycles. The second-order valence-corrected chi connectivity index (χ2v) is 8.38. The summed E-state index contributed by atoms with van der Waals surface area (Å²) in [5.41, 5.74) is 3.68. The molecule has 172 valence electrons. The number of aromatic nitrogens is 1. The number of hydrogen-bond donors (Lipinski definition) is 0. The zero-order chi connectivity index (χ0) is 23.0. The molecule has 0 atom stereocenters. The minimum atomic E-state index is 0.0835. The van der Waals surface area contributed by atoms with E-state index >= 15 is 0 Å². The Labute approximate surface area is 195 Å². The molecule has 2 heterocycles. The Bertz CT molecular complexity index is 1030. The van der Waals surface area contributed by atoms with Gasteiger partial charge in [-0.3, -0.25) is 14.7 Å². The largest absolute Gasteiger partial charge is 0.492 e. The van der Waals surface area contributed by atoms with Gasteiger partial charge in [-0.05, 0) is 55.3 Å². The number of pyridine rings is 1. The van der Waals surface area contributed by atoms with E-state index in [1.54, 1.807) is 12.4 Å². The van der Waals surface area contributed by atoms with Crippen LogP contribution in [0.15, 0.2) is 67.0 Å². The highest BCUT2D eigenvalue weighted by atomic mass is 16.5. The van der Waals surface area contributed by atoms with Crippen LogP contribution in [0.2, 0.25) is 0 Å². The van der Waals surface area contributed by atoms with Crippen LogP contribution in [0.25, 0.3) is 0 Å². The number of carbonyl (C=O) groups excluding carboxylic acids is 1. The maximum absolute atomic E-state index is 13.1. The number of amides is 1. The zero-order valence-electron chi connectivity index (χ0n) is 19.4. The minimum Gasteiger partial charge on any atom is -0.492 e. The van der Waals surface area contributed by atoms with Gasteiger partial charge >= 0.3 is 0 Å². The summed E-state index contributed by atoms with van der Waals surface area (Å²) in [6.45, 7) is 9.11. The van der Waals surface area contributed by atoms with Gasteiger partial charge in [0.2, 0.25) is 0 Å². The predicted octanol–water partition coefficient (Wildman–Crippen LogP) is 4.11. The van der Waals surface area contributed by atoms with Crippen LogP contribution in [0.1, 0.15) is 27.0 Å². The summed E-state index contributed by atoms with van der Waals surface area (Å²) in [6.07, 6.45) is 3.55. The number of piperazine rings is 1.